The number of hydrogen-bond donors (Lipinski definition) is 1. The zero-order chi connectivity index (χ0) is 18.5. The van der Waals surface area contributed by atoms with Crippen LogP contribution in [-0.2, 0) is 9.53 Å². The molecular formula is C19H15NO5S. The lowest BCUT2D eigenvalue weighted by molar-refractivity contribution is -0.138. The maximum Gasteiger partial charge on any atom is 0.344 e. The number of benzene rings is 1. The van der Waals surface area contributed by atoms with Crippen LogP contribution < -0.4 is 0 Å². The summed E-state index contributed by atoms with van der Waals surface area (Å²) in [6, 6.07) is 11.9. The third-order valence-electron chi connectivity index (χ3n) is 3.41. The molecule has 1 amide bonds. The zero-order valence-electron chi connectivity index (χ0n) is 13.8. The van der Waals surface area contributed by atoms with E-state index in [1.165, 1.54) is 6.26 Å². The molecular weight excluding hydrogens is 354 g/mol. The van der Waals surface area contributed by atoms with E-state index in [0.29, 0.717) is 16.2 Å². The third kappa shape index (κ3) is 3.78. The van der Waals surface area contributed by atoms with Crippen LogP contribution >= 0.6 is 11.8 Å². The molecule has 7 heteroatoms. The Kier molecular flexibility index (Phi) is 5.38. The van der Waals surface area contributed by atoms with E-state index in [2.05, 4.69) is 4.99 Å². The molecule has 0 saturated heterocycles. The van der Waals surface area contributed by atoms with E-state index in [9.17, 15) is 14.7 Å². The van der Waals surface area contributed by atoms with Gasteiger partial charge in [0.1, 0.15) is 22.1 Å². The first-order valence-corrected chi connectivity index (χ1v) is 8.64. The first kappa shape index (κ1) is 17.8. The zero-order valence-corrected chi connectivity index (χ0v) is 14.7. The maximum atomic E-state index is 12.4. The molecule has 26 heavy (non-hydrogen) atoms. The van der Waals surface area contributed by atoms with Crippen LogP contribution in [0.2, 0.25) is 0 Å². The Morgan fingerprint density at radius 3 is 2.65 bits per heavy atom. The fourth-order valence-electron chi connectivity index (χ4n) is 2.23. The fraction of sp³-hybridized carbons (Fsp3) is 0.105. The minimum Gasteiger partial charge on any atom is -0.506 e. The second-order valence-electron chi connectivity index (χ2n) is 5.16. The first-order valence-electron chi connectivity index (χ1n) is 7.82. The third-order valence-corrected chi connectivity index (χ3v) is 4.43. The molecule has 0 atom stereocenters. The molecule has 1 aromatic carbocycles. The molecule has 1 aliphatic rings. The van der Waals surface area contributed by atoms with Gasteiger partial charge in [-0.2, -0.15) is 0 Å². The number of nitrogens with zero attached hydrogens (tertiary/aromatic N) is 1. The summed E-state index contributed by atoms with van der Waals surface area (Å²) in [4.78, 5) is 29.0. The lowest BCUT2D eigenvalue weighted by Crippen LogP contribution is -2.14. The summed E-state index contributed by atoms with van der Waals surface area (Å²) in [5.74, 6) is -1.04. The van der Waals surface area contributed by atoms with Crippen LogP contribution in [0, 0.1) is 0 Å². The number of thioether (sulfide) groups is 1. The van der Waals surface area contributed by atoms with E-state index in [1.807, 2.05) is 0 Å². The summed E-state index contributed by atoms with van der Waals surface area (Å²) in [5, 5.41) is 10.5. The number of carbonyl (C=O) groups excluding carboxylic acids is 2. The van der Waals surface area contributed by atoms with Gasteiger partial charge in [0, 0.05) is 5.56 Å². The second kappa shape index (κ2) is 7.88. The average Bonchev–Trinajstić information content (AvgIpc) is 3.25. The molecule has 0 spiro atoms. The highest BCUT2D eigenvalue weighted by Crippen LogP contribution is 2.39. The Morgan fingerprint density at radius 1 is 1.23 bits per heavy atom. The summed E-state index contributed by atoms with van der Waals surface area (Å²) in [6.45, 7) is 1.79. The quantitative estimate of drug-likeness (QED) is 0.820. The summed E-state index contributed by atoms with van der Waals surface area (Å²) in [5.41, 5.74) is 0.255. The van der Waals surface area contributed by atoms with Gasteiger partial charge < -0.3 is 14.3 Å². The van der Waals surface area contributed by atoms with E-state index in [1.54, 1.807) is 55.5 Å². The molecule has 1 N–H and O–H groups in total. The number of aliphatic hydroxyl groups excluding tert-OH is 1. The predicted molar refractivity (Wildman–Crippen MR) is 98.8 cm³/mol. The van der Waals surface area contributed by atoms with E-state index in [0.717, 1.165) is 11.8 Å². The molecule has 0 radical (unpaired) electrons. The van der Waals surface area contributed by atoms with Crippen molar-refractivity contribution in [3.63, 3.8) is 0 Å². The number of amides is 1. The molecule has 0 saturated carbocycles. The van der Waals surface area contributed by atoms with E-state index < -0.39 is 11.9 Å². The van der Waals surface area contributed by atoms with Gasteiger partial charge in [0.2, 0.25) is 0 Å². The van der Waals surface area contributed by atoms with Crippen LogP contribution in [0.3, 0.4) is 0 Å². The Bertz CT molecular complexity index is 911. The van der Waals surface area contributed by atoms with Gasteiger partial charge in [-0.1, -0.05) is 30.0 Å². The number of furan rings is 1. The number of hydrogen-bond acceptors (Lipinski definition) is 6. The summed E-state index contributed by atoms with van der Waals surface area (Å²) in [7, 11) is 0. The lowest BCUT2D eigenvalue weighted by atomic mass is 10.2. The molecule has 2 heterocycles. The van der Waals surface area contributed by atoms with Crippen molar-refractivity contribution in [3.05, 3.63) is 76.3 Å². The van der Waals surface area contributed by atoms with Crippen LogP contribution in [0.5, 0.6) is 0 Å². The van der Waals surface area contributed by atoms with Gasteiger partial charge >= 0.3 is 5.97 Å². The molecule has 0 fully saturated rings. The van der Waals surface area contributed by atoms with E-state index in [4.69, 9.17) is 9.15 Å². The maximum absolute atomic E-state index is 12.4. The van der Waals surface area contributed by atoms with Crippen molar-refractivity contribution in [1.29, 1.82) is 0 Å². The Morgan fingerprint density at radius 2 is 2.00 bits per heavy atom. The highest BCUT2D eigenvalue weighted by atomic mass is 32.2. The van der Waals surface area contributed by atoms with Crippen LogP contribution in [-0.4, -0.2) is 28.6 Å². The summed E-state index contributed by atoms with van der Waals surface area (Å²) < 4.78 is 10.2. The Labute approximate surface area is 153 Å². The van der Waals surface area contributed by atoms with Gasteiger partial charge in [0.05, 0.1) is 17.8 Å². The molecule has 0 aliphatic carbocycles. The molecule has 3 rings (SSSR count). The van der Waals surface area contributed by atoms with E-state index >= 15 is 0 Å². The fourth-order valence-corrected chi connectivity index (χ4v) is 3.22. The normalized spacial score (nSPS) is 17.1. The molecule has 6 nitrogen and oxygen atoms in total. The standard InChI is InChI=1S/C19H15NO5S/c1-2-24-19(23)15-16(21)14(11-13-9-6-10-25-13)26-18(15)20-17(22)12-7-4-3-5-8-12/h3-11,21H,2H2,1H3/b14-11-,20-18?. The number of aliphatic imine (C=N–C) groups is 1. The minimum absolute atomic E-state index is 0.0904. The molecule has 2 aromatic rings. The van der Waals surface area contributed by atoms with Gasteiger partial charge in [-0.25, -0.2) is 9.79 Å². The first-order chi connectivity index (χ1) is 12.6. The van der Waals surface area contributed by atoms with Gasteiger partial charge in [-0.3, -0.25) is 4.79 Å². The van der Waals surface area contributed by atoms with Gasteiger partial charge in [-0.05, 0) is 37.3 Å². The van der Waals surface area contributed by atoms with Crippen molar-refractivity contribution in [2.45, 2.75) is 6.92 Å². The number of ether oxygens (including phenoxy) is 1. The van der Waals surface area contributed by atoms with Crippen molar-refractivity contribution < 1.29 is 23.8 Å². The topological polar surface area (TPSA) is 89.1 Å². The molecule has 132 valence electrons. The number of rotatable bonds is 4. The number of carbonyl (C=O) groups is 2. The second-order valence-corrected chi connectivity index (χ2v) is 6.19. The highest BCUT2D eigenvalue weighted by Gasteiger charge is 2.34. The van der Waals surface area contributed by atoms with Crippen molar-refractivity contribution in [1.82, 2.24) is 0 Å². The predicted octanol–water partition coefficient (Wildman–Crippen LogP) is 3.98. The monoisotopic (exact) mass is 369 g/mol. The molecule has 0 unspecified atom stereocenters. The lowest BCUT2D eigenvalue weighted by Gasteiger charge is -2.03. The largest absolute Gasteiger partial charge is 0.506 e. The van der Waals surface area contributed by atoms with Crippen LogP contribution in [0.15, 0.2) is 74.4 Å². The molecule has 1 aliphatic heterocycles. The number of aliphatic hydroxyl groups is 1. The Hall–Kier alpha value is -3.06. The summed E-state index contributed by atoms with van der Waals surface area (Å²) in [6.07, 6.45) is 3.06. The van der Waals surface area contributed by atoms with E-state index in [-0.39, 0.29) is 23.0 Å². The number of esters is 1. The van der Waals surface area contributed by atoms with Crippen molar-refractivity contribution in [2.75, 3.05) is 6.61 Å². The highest BCUT2D eigenvalue weighted by molar-refractivity contribution is 8.18. The summed E-state index contributed by atoms with van der Waals surface area (Å²) >= 11 is 1.01. The molecule has 0 bridgehead atoms. The molecule has 1 aromatic heterocycles. The average molecular weight is 369 g/mol. The van der Waals surface area contributed by atoms with Crippen molar-refractivity contribution >= 4 is 34.8 Å². The van der Waals surface area contributed by atoms with Gasteiger partial charge in [0.15, 0.2) is 0 Å². The van der Waals surface area contributed by atoms with Crippen molar-refractivity contribution in [3.8, 4) is 0 Å². The minimum atomic E-state index is -0.736. The van der Waals surface area contributed by atoms with Gasteiger partial charge in [-0.15, -0.1) is 0 Å². The van der Waals surface area contributed by atoms with Crippen molar-refractivity contribution in [2.24, 2.45) is 4.99 Å². The SMILES string of the molecule is CCOC(=O)C1=C(O)/C(=C/c2ccco2)SC1=NC(=O)c1ccccc1. The smallest absolute Gasteiger partial charge is 0.344 e. The van der Waals surface area contributed by atoms with Crippen LogP contribution in [0.1, 0.15) is 23.0 Å². The van der Waals surface area contributed by atoms with Crippen LogP contribution in [0.25, 0.3) is 6.08 Å². The van der Waals surface area contributed by atoms with Gasteiger partial charge in [0.25, 0.3) is 5.91 Å². The Balaban J connectivity index is 1.99. The van der Waals surface area contributed by atoms with Crippen LogP contribution in [0.4, 0.5) is 0 Å².